The molecule has 1 aromatic carbocycles. The highest BCUT2D eigenvalue weighted by Crippen LogP contribution is 2.48. The summed E-state index contributed by atoms with van der Waals surface area (Å²) in [6.45, 7) is 2.45. The molecule has 2 atom stereocenters. The zero-order valence-electron chi connectivity index (χ0n) is 19.7. The van der Waals surface area contributed by atoms with Crippen molar-refractivity contribution in [3.8, 4) is 0 Å². The molecule has 10 heteroatoms. The third kappa shape index (κ3) is 3.91. The lowest BCUT2D eigenvalue weighted by Crippen LogP contribution is -2.24. The van der Waals surface area contributed by atoms with Gasteiger partial charge in [0.2, 0.25) is 0 Å². The van der Waals surface area contributed by atoms with Gasteiger partial charge in [0, 0.05) is 41.8 Å². The van der Waals surface area contributed by atoms with Crippen LogP contribution in [0.5, 0.6) is 0 Å². The molecule has 0 spiro atoms. The van der Waals surface area contributed by atoms with Gasteiger partial charge < -0.3 is 15.0 Å². The molecule has 2 N–H and O–H groups in total. The fourth-order valence-electron chi connectivity index (χ4n) is 4.89. The molecular formula is C26H25N7O2S. The lowest BCUT2D eigenvalue weighted by Gasteiger charge is -2.19. The van der Waals surface area contributed by atoms with Gasteiger partial charge in [0.05, 0.1) is 17.9 Å². The van der Waals surface area contributed by atoms with Crippen molar-refractivity contribution < 1.29 is 8.42 Å². The molecular weight excluding hydrogens is 474 g/mol. The molecule has 0 amide bonds. The van der Waals surface area contributed by atoms with Crippen molar-refractivity contribution in [2.24, 2.45) is 10.3 Å². The van der Waals surface area contributed by atoms with Crippen LogP contribution < -0.4 is 10.6 Å². The zero-order chi connectivity index (χ0) is 24.4. The maximum atomic E-state index is 12.9. The molecule has 2 fully saturated rings. The van der Waals surface area contributed by atoms with Crippen LogP contribution in [0.1, 0.15) is 53.9 Å². The highest BCUT2D eigenvalue weighted by Gasteiger charge is 2.46. The molecule has 0 unspecified atom stereocenters. The van der Waals surface area contributed by atoms with Gasteiger partial charge in [-0.25, -0.2) is 15.0 Å². The first kappa shape index (κ1) is 21.5. The van der Waals surface area contributed by atoms with E-state index in [1.807, 2.05) is 25.3 Å². The molecule has 1 aliphatic heterocycles. The minimum Gasteiger partial charge on any atom is -0.379 e. The number of rotatable bonds is 6. The van der Waals surface area contributed by atoms with Crippen molar-refractivity contribution in [1.82, 2.24) is 19.4 Å². The van der Waals surface area contributed by atoms with Gasteiger partial charge in [-0.1, -0.05) is 6.07 Å². The number of sulfonamides is 1. The van der Waals surface area contributed by atoms with Crippen molar-refractivity contribution in [1.29, 1.82) is 0 Å². The van der Waals surface area contributed by atoms with Crippen molar-refractivity contribution in [3.05, 3.63) is 77.8 Å². The molecule has 9 nitrogen and oxygen atoms in total. The predicted octanol–water partition coefficient (Wildman–Crippen LogP) is 4.24. The first-order valence-corrected chi connectivity index (χ1v) is 13.6. The van der Waals surface area contributed by atoms with E-state index in [-0.39, 0.29) is 16.7 Å². The maximum absolute atomic E-state index is 12.9. The Hall–Kier alpha value is -3.79. The molecule has 4 aromatic rings. The second-order valence-electron chi connectivity index (χ2n) is 9.88. The average Bonchev–Trinajstić information content (AvgIpc) is 3.78. The van der Waals surface area contributed by atoms with E-state index in [2.05, 4.69) is 47.7 Å². The van der Waals surface area contributed by atoms with Gasteiger partial charge in [0.15, 0.2) is 0 Å². The zero-order valence-corrected chi connectivity index (χ0v) is 20.5. The average molecular weight is 500 g/mol. The Bertz CT molecular complexity index is 1660. The highest BCUT2D eigenvalue weighted by atomic mass is 32.2. The van der Waals surface area contributed by atoms with Crippen molar-refractivity contribution in [2.45, 2.75) is 49.5 Å². The predicted molar refractivity (Wildman–Crippen MR) is 137 cm³/mol. The largest absolute Gasteiger partial charge is 0.379 e. The van der Waals surface area contributed by atoms with Crippen molar-refractivity contribution in [2.75, 3.05) is 10.6 Å². The molecule has 0 saturated heterocycles. The Balaban J connectivity index is 1.08. The number of aromatic nitrogens is 4. The van der Waals surface area contributed by atoms with Gasteiger partial charge >= 0.3 is 0 Å². The monoisotopic (exact) mass is 499 g/mol. The summed E-state index contributed by atoms with van der Waals surface area (Å²) in [5.74, 6) is 1.93. The van der Waals surface area contributed by atoms with E-state index in [9.17, 15) is 8.42 Å². The van der Waals surface area contributed by atoms with Crippen LogP contribution in [0.15, 0.2) is 64.3 Å². The number of aryl methyl sites for hydroxylation is 1. The quantitative estimate of drug-likeness (QED) is 0.408. The number of benzene rings is 1. The van der Waals surface area contributed by atoms with E-state index < -0.39 is 10.0 Å². The molecule has 7 rings (SSSR count). The van der Waals surface area contributed by atoms with Crippen LogP contribution in [-0.2, 0) is 16.6 Å². The van der Waals surface area contributed by atoms with E-state index >= 15 is 0 Å². The van der Waals surface area contributed by atoms with Crippen molar-refractivity contribution in [3.63, 3.8) is 0 Å². The Morgan fingerprint density at radius 3 is 2.81 bits per heavy atom. The van der Waals surface area contributed by atoms with Crippen LogP contribution in [0.2, 0.25) is 0 Å². The third-order valence-corrected chi connectivity index (χ3v) is 8.42. The molecule has 3 aliphatic rings. The second-order valence-corrected chi connectivity index (χ2v) is 11.5. The summed E-state index contributed by atoms with van der Waals surface area (Å²) < 4.78 is 31.9. The minimum atomic E-state index is -3.78. The first-order valence-electron chi connectivity index (χ1n) is 12.2. The third-order valence-electron chi connectivity index (χ3n) is 7.07. The highest BCUT2D eigenvalue weighted by molar-refractivity contribution is 7.90. The summed E-state index contributed by atoms with van der Waals surface area (Å²) >= 11 is 0. The number of hydrogen-bond acceptors (Lipinski definition) is 7. The fourth-order valence-corrected chi connectivity index (χ4v) is 6.06. The van der Waals surface area contributed by atoms with Crippen LogP contribution in [0.4, 0.5) is 11.4 Å². The summed E-state index contributed by atoms with van der Waals surface area (Å²) in [4.78, 5) is 13.8. The molecule has 2 saturated carbocycles. The van der Waals surface area contributed by atoms with Crippen LogP contribution in [0.25, 0.3) is 5.65 Å². The Morgan fingerprint density at radius 2 is 1.97 bits per heavy atom. The van der Waals surface area contributed by atoms with Crippen LogP contribution in [0.3, 0.4) is 0 Å². The van der Waals surface area contributed by atoms with Gasteiger partial charge in [0.1, 0.15) is 22.2 Å². The molecule has 2 aliphatic carbocycles. The number of pyridine rings is 1. The number of nitrogens with one attached hydrogen (secondary N) is 2. The van der Waals surface area contributed by atoms with Gasteiger partial charge in [0.25, 0.3) is 10.0 Å². The van der Waals surface area contributed by atoms with Gasteiger partial charge in [-0.2, -0.15) is 8.42 Å². The molecule has 182 valence electrons. The number of amidine groups is 1. The molecule has 36 heavy (non-hydrogen) atoms. The molecule has 0 radical (unpaired) electrons. The van der Waals surface area contributed by atoms with Gasteiger partial charge in [-0.05, 0) is 68.0 Å². The summed E-state index contributed by atoms with van der Waals surface area (Å²) in [7, 11) is -3.78. The maximum Gasteiger partial charge on any atom is 0.286 e. The normalized spacial score (nSPS) is 22.0. The summed E-state index contributed by atoms with van der Waals surface area (Å²) in [5.41, 5.74) is 5.44. The lowest BCUT2D eigenvalue weighted by atomic mass is 10.2. The number of hydrogen-bond donors (Lipinski definition) is 2. The number of fused-ring (bicyclic) bond motifs is 2. The SMILES string of the molecule is Cc1ccnc([C@H]2C[C@@H]2C2=NS(=O)(=O)c3ccc(NCc4cn5cc(C6CC6)ccc5n4)cc3N2)n1. The standard InChI is InChI=1S/C26H25N7O2S/c1-15-8-9-27-25(29-15)20-11-21(20)26-31-22-10-18(5-6-23(22)36(34,35)32-26)28-12-19-14-33-13-17(16-2-3-16)4-7-24(33)30-19/h4-10,13-14,16,20-21,28H,2-3,11-12H2,1H3,(H,31,32)/t20-,21-/m0/s1. The van der Waals surface area contributed by atoms with E-state index in [1.165, 1.54) is 18.4 Å². The summed E-state index contributed by atoms with van der Waals surface area (Å²) in [6, 6.07) is 11.3. The van der Waals surface area contributed by atoms with Gasteiger partial charge in [-0.3, -0.25) is 0 Å². The summed E-state index contributed by atoms with van der Waals surface area (Å²) in [6.07, 6.45) is 9.26. The Morgan fingerprint density at radius 1 is 1.08 bits per heavy atom. The topological polar surface area (TPSA) is 114 Å². The van der Waals surface area contributed by atoms with Gasteiger partial charge in [-0.15, -0.1) is 4.40 Å². The first-order chi connectivity index (χ1) is 17.4. The van der Waals surface area contributed by atoms with Crippen LogP contribution in [-0.4, -0.2) is 33.6 Å². The molecule has 0 bridgehead atoms. The Labute approximate surface area is 208 Å². The second kappa shape index (κ2) is 7.86. The van der Waals surface area contributed by atoms with Crippen LogP contribution in [0, 0.1) is 12.8 Å². The summed E-state index contributed by atoms with van der Waals surface area (Å²) in [5, 5.41) is 6.65. The number of nitrogens with zero attached hydrogens (tertiary/aromatic N) is 5. The number of anilines is 2. The lowest BCUT2D eigenvalue weighted by molar-refractivity contribution is 0.597. The van der Waals surface area contributed by atoms with E-state index in [4.69, 9.17) is 4.98 Å². The number of imidazole rings is 1. The van der Waals surface area contributed by atoms with E-state index in [0.717, 1.165) is 35.0 Å². The minimum absolute atomic E-state index is 0.0372. The van der Waals surface area contributed by atoms with E-state index in [0.29, 0.717) is 24.0 Å². The fraction of sp³-hybridized carbons (Fsp3) is 0.308. The van der Waals surface area contributed by atoms with E-state index in [1.54, 1.807) is 18.3 Å². The van der Waals surface area contributed by atoms with Crippen LogP contribution >= 0.6 is 0 Å². The molecule has 4 heterocycles. The Kier molecular flexibility index (Phi) is 4.69. The smallest absolute Gasteiger partial charge is 0.286 e. The van der Waals surface area contributed by atoms with Crippen molar-refractivity contribution >= 4 is 32.9 Å². The molecule has 3 aromatic heterocycles.